The van der Waals surface area contributed by atoms with E-state index in [9.17, 15) is 22.8 Å². The minimum absolute atomic E-state index is 0.287. The molecule has 1 atom stereocenters. The molecule has 0 radical (unpaired) electrons. The minimum Gasteiger partial charge on any atom is -0.494 e. The molecule has 1 N–H and O–H groups in total. The molecule has 2 aromatic rings. The molecular weight excluding hydrogens is 363 g/mol. The van der Waals surface area contributed by atoms with Crippen molar-refractivity contribution in [3.05, 3.63) is 59.7 Å². The second kappa shape index (κ2) is 8.57. The van der Waals surface area contributed by atoms with Gasteiger partial charge in [-0.3, -0.25) is 4.79 Å². The molecule has 0 saturated heterocycles. The SMILES string of the molecule is CCOc1ccc(NC(=O)C(C)OC(=O)c2cccc(C(F)(F)F)c2)cc1. The number of nitrogens with one attached hydrogen (secondary N) is 1. The molecule has 1 unspecified atom stereocenters. The molecule has 0 aliphatic rings. The van der Waals surface area contributed by atoms with E-state index < -0.39 is 29.7 Å². The maximum atomic E-state index is 12.7. The molecule has 0 aliphatic heterocycles. The van der Waals surface area contributed by atoms with Crippen LogP contribution in [0.5, 0.6) is 5.75 Å². The predicted octanol–water partition coefficient (Wildman–Crippen LogP) is 4.29. The Kier molecular flexibility index (Phi) is 6.44. The number of carbonyl (C=O) groups excluding carboxylic acids is 2. The smallest absolute Gasteiger partial charge is 0.416 e. The monoisotopic (exact) mass is 381 g/mol. The summed E-state index contributed by atoms with van der Waals surface area (Å²) in [5, 5.41) is 2.55. The van der Waals surface area contributed by atoms with Gasteiger partial charge in [-0.1, -0.05) is 6.07 Å². The van der Waals surface area contributed by atoms with Crippen molar-refractivity contribution in [2.45, 2.75) is 26.1 Å². The second-order valence-electron chi connectivity index (χ2n) is 5.57. The van der Waals surface area contributed by atoms with E-state index in [1.807, 2.05) is 6.92 Å². The fourth-order valence-corrected chi connectivity index (χ4v) is 2.15. The van der Waals surface area contributed by atoms with Crippen molar-refractivity contribution in [1.29, 1.82) is 0 Å². The maximum absolute atomic E-state index is 12.7. The van der Waals surface area contributed by atoms with E-state index in [0.29, 0.717) is 24.1 Å². The quantitative estimate of drug-likeness (QED) is 0.759. The van der Waals surface area contributed by atoms with E-state index >= 15 is 0 Å². The molecule has 0 heterocycles. The largest absolute Gasteiger partial charge is 0.494 e. The number of anilines is 1. The van der Waals surface area contributed by atoms with Crippen LogP contribution in [0.2, 0.25) is 0 Å². The van der Waals surface area contributed by atoms with Gasteiger partial charge in [-0.2, -0.15) is 13.2 Å². The van der Waals surface area contributed by atoms with E-state index in [-0.39, 0.29) is 5.56 Å². The normalized spacial score (nSPS) is 12.2. The van der Waals surface area contributed by atoms with E-state index in [1.165, 1.54) is 13.0 Å². The van der Waals surface area contributed by atoms with Crippen molar-refractivity contribution >= 4 is 17.6 Å². The molecule has 0 bridgehead atoms. The Morgan fingerprint density at radius 1 is 1.11 bits per heavy atom. The number of benzene rings is 2. The fourth-order valence-electron chi connectivity index (χ4n) is 2.15. The van der Waals surface area contributed by atoms with Gasteiger partial charge >= 0.3 is 12.1 Å². The lowest BCUT2D eigenvalue weighted by molar-refractivity contribution is -0.137. The molecule has 144 valence electrons. The lowest BCUT2D eigenvalue weighted by Gasteiger charge is -2.14. The number of esters is 1. The van der Waals surface area contributed by atoms with Gasteiger partial charge in [0.05, 0.1) is 17.7 Å². The predicted molar refractivity (Wildman–Crippen MR) is 92.6 cm³/mol. The molecule has 2 rings (SSSR count). The number of hydrogen-bond acceptors (Lipinski definition) is 4. The maximum Gasteiger partial charge on any atom is 0.416 e. The zero-order chi connectivity index (χ0) is 20.0. The first-order valence-electron chi connectivity index (χ1n) is 8.12. The van der Waals surface area contributed by atoms with E-state index in [1.54, 1.807) is 24.3 Å². The zero-order valence-electron chi connectivity index (χ0n) is 14.7. The summed E-state index contributed by atoms with van der Waals surface area (Å²) in [6, 6.07) is 10.4. The van der Waals surface area contributed by atoms with Crippen LogP contribution in [0.25, 0.3) is 0 Å². The molecule has 2 aromatic carbocycles. The molecule has 1 amide bonds. The van der Waals surface area contributed by atoms with Crippen molar-refractivity contribution in [3.8, 4) is 5.75 Å². The van der Waals surface area contributed by atoms with Crippen LogP contribution in [0, 0.1) is 0 Å². The molecule has 0 fully saturated rings. The van der Waals surface area contributed by atoms with Gasteiger partial charge in [0.1, 0.15) is 5.75 Å². The van der Waals surface area contributed by atoms with Crippen LogP contribution < -0.4 is 10.1 Å². The van der Waals surface area contributed by atoms with E-state index in [4.69, 9.17) is 9.47 Å². The van der Waals surface area contributed by atoms with Crippen LogP contribution in [0.15, 0.2) is 48.5 Å². The van der Waals surface area contributed by atoms with Crippen LogP contribution in [0.3, 0.4) is 0 Å². The highest BCUT2D eigenvalue weighted by Crippen LogP contribution is 2.29. The third-order valence-electron chi connectivity index (χ3n) is 3.51. The van der Waals surface area contributed by atoms with Crippen molar-refractivity contribution in [2.24, 2.45) is 0 Å². The van der Waals surface area contributed by atoms with Crippen LogP contribution in [-0.2, 0) is 15.7 Å². The lowest BCUT2D eigenvalue weighted by atomic mass is 10.1. The van der Waals surface area contributed by atoms with Gasteiger partial charge in [-0.25, -0.2) is 4.79 Å². The minimum atomic E-state index is -4.58. The summed E-state index contributed by atoms with van der Waals surface area (Å²) in [6.45, 7) is 3.68. The van der Waals surface area contributed by atoms with Gasteiger partial charge in [-0.05, 0) is 56.3 Å². The number of amides is 1. The summed E-state index contributed by atoms with van der Waals surface area (Å²) < 4.78 is 48.4. The second-order valence-corrected chi connectivity index (χ2v) is 5.57. The highest BCUT2D eigenvalue weighted by atomic mass is 19.4. The van der Waals surface area contributed by atoms with Crippen LogP contribution in [-0.4, -0.2) is 24.6 Å². The first-order valence-corrected chi connectivity index (χ1v) is 8.12. The Balaban J connectivity index is 1.98. The van der Waals surface area contributed by atoms with Gasteiger partial charge in [0.2, 0.25) is 0 Å². The topological polar surface area (TPSA) is 64.6 Å². The summed E-state index contributed by atoms with van der Waals surface area (Å²) in [6.07, 6.45) is -5.77. The molecule has 5 nitrogen and oxygen atoms in total. The number of ether oxygens (including phenoxy) is 2. The van der Waals surface area contributed by atoms with E-state index in [2.05, 4.69) is 5.32 Å². The molecule has 0 aromatic heterocycles. The fraction of sp³-hybridized carbons (Fsp3) is 0.263. The van der Waals surface area contributed by atoms with Gasteiger partial charge in [0.25, 0.3) is 5.91 Å². The van der Waals surface area contributed by atoms with Crippen LogP contribution >= 0.6 is 0 Å². The summed E-state index contributed by atoms with van der Waals surface area (Å²) in [7, 11) is 0. The van der Waals surface area contributed by atoms with Gasteiger partial charge < -0.3 is 14.8 Å². The first kappa shape index (κ1) is 20.3. The molecule has 0 aliphatic carbocycles. The Morgan fingerprint density at radius 2 is 1.78 bits per heavy atom. The van der Waals surface area contributed by atoms with Crippen molar-refractivity contribution in [1.82, 2.24) is 0 Å². The average molecular weight is 381 g/mol. The van der Waals surface area contributed by atoms with Gasteiger partial charge in [-0.15, -0.1) is 0 Å². The molecular formula is C19H18F3NO4. The molecule has 0 saturated carbocycles. The third kappa shape index (κ3) is 5.73. The standard InChI is InChI=1S/C19H18F3NO4/c1-3-26-16-9-7-15(8-10-16)23-17(24)12(2)27-18(25)13-5-4-6-14(11-13)19(20,21)22/h4-12H,3H2,1-2H3,(H,23,24). The van der Waals surface area contributed by atoms with Crippen molar-refractivity contribution < 1.29 is 32.2 Å². The Labute approximate surface area is 154 Å². The number of halogens is 3. The average Bonchev–Trinajstić information content (AvgIpc) is 2.63. The first-order chi connectivity index (χ1) is 12.7. The van der Waals surface area contributed by atoms with Gasteiger partial charge in [0.15, 0.2) is 6.10 Å². The van der Waals surface area contributed by atoms with Crippen LogP contribution in [0.4, 0.5) is 18.9 Å². The Hall–Kier alpha value is -3.03. The zero-order valence-corrected chi connectivity index (χ0v) is 14.7. The highest BCUT2D eigenvalue weighted by Gasteiger charge is 2.31. The molecule has 8 heteroatoms. The lowest BCUT2D eigenvalue weighted by Crippen LogP contribution is -2.30. The Morgan fingerprint density at radius 3 is 2.37 bits per heavy atom. The highest BCUT2D eigenvalue weighted by molar-refractivity contribution is 5.97. The third-order valence-corrected chi connectivity index (χ3v) is 3.51. The summed E-state index contributed by atoms with van der Waals surface area (Å²) in [4.78, 5) is 24.1. The molecule has 0 spiro atoms. The Bertz CT molecular complexity index is 803. The molecule has 27 heavy (non-hydrogen) atoms. The number of alkyl halides is 3. The number of carbonyl (C=O) groups is 2. The number of hydrogen-bond donors (Lipinski definition) is 1. The summed E-state index contributed by atoms with van der Waals surface area (Å²) in [5.41, 5.74) is -0.792. The van der Waals surface area contributed by atoms with Gasteiger partial charge in [0, 0.05) is 5.69 Å². The summed E-state index contributed by atoms with van der Waals surface area (Å²) in [5.74, 6) is -0.991. The van der Waals surface area contributed by atoms with E-state index in [0.717, 1.165) is 12.1 Å². The van der Waals surface area contributed by atoms with Crippen LogP contribution in [0.1, 0.15) is 29.8 Å². The number of rotatable bonds is 6. The summed E-state index contributed by atoms with van der Waals surface area (Å²) >= 11 is 0. The van der Waals surface area contributed by atoms with Crippen molar-refractivity contribution in [2.75, 3.05) is 11.9 Å². The van der Waals surface area contributed by atoms with Crippen molar-refractivity contribution in [3.63, 3.8) is 0 Å².